The minimum absolute atomic E-state index is 0.0303. The normalized spacial score (nSPS) is 12.6. The van der Waals surface area contributed by atoms with Crippen LogP contribution < -0.4 is 11.1 Å². The van der Waals surface area contributed by atoms with Crippen LogP contribution in [0.15, 0.2) is 0 Å². The molecule has 6 nitrogen and oxygen atoms in total. The molecule has 0 aromatic rings. The molecule has 1 atom stereocenters. The highest BCUT2D eigenvalue weighted by molar-refractivity contribution is 5.87. The van der Waals surface area contributed by atoms with Crippen LogP contribution in [-0.2, 0) is 14.3 Å². The lowest BCUT2D eigenvalue weighted by Crippen LogP contribution is -2.47. The Morgan fingerprint density at radius 2 is 1.84 bits per heavy atom. The first-order valence-corrected chi connectivity index (χ1v) is 6.64. The molecular weight excluding hydrogens is 246 g/mol. The molecule has 6 heteroatoms. The van der Waals surface area contributed by atoms with Crippen molar-refractivity contribution in [2.24, 2.45) is 11.7 Å². The van der Waals surface area contributed by atoms with Crippen LogP contribution in [0.4, 0.5) is 0 Å². The van der Waals surface area contributed by atoms with Gasteiger partial charge in [-0.05, 0) is 19.8 Å². The van der Waals surface area contributed by atoms with Crippen molar-refractivity contribution in [3.05, 3.63) is 0 Å². The van der Waals surface area contributed by atoms with Crippen LogP contribution in [0.25, 0.3) is 0 Å². The predicted octanol–water partition coefficient (Wildman–Crippen LogP) is -0.0307. The van der Waals surface area contributed by atoms with Gasteiger partial charge in [0.05, 0.1) is 25.3 Å². The van der Waals surface area contributed by atoms with Crippen LogP contribution in [0.2, 0.25) is 0 Å². The first kappa shape index (κ1) is 17.9. The molecule has 0 aliphatic carbocycles. The number of amides is 2. The zero-order valence-electron chi connectivity index (χ0n) is 12.6. The Labute approximate surface area is 115 Å². The molecule has 0 fully saturated rings. The number of carbonyl (C=O) groups is 2. The van der Waals surface area contributed by atoms with Gasteiger partial charge in [-0.15, -0.1) is 0 Å². The summed E-state index contributed by atoms with van der Waals surface area (Å²) in [6.07, 6.45) is 0.146. The van der Waals surface area contributed by atoms with E-state index in [1.54, 1.807) is 7.05 Å². The summed E-state index contributed by atoms with van der Waals surface area (Å²) in [6, 6.07) is -0.581. The van der Waals surface area contributed by atoms with E-state index in [0.29, 0.717) is 13.2 Å². The summed E-state index contributed by atoms with van der Waals surface area (Å²) in [5.74, 6) is -0.404. The molecule has 0 heterocycles. The topological polar surface area (TPSA) is 84.7 Å². The predicted molar refractivity (Wildman–Crippen MR) is 74.5 cm³/mol. The molecule has 0 aliphatic heterocycles. The summed E-state index contributed by atoms with van der Waals surface area (Å²) in [6.45, 7) is 8.56. The van der Waals surface area contributed by atoms with Crippen LogP contribution in [0, 0.1) is 5.92 Å². The molecule has 0 bridgehead atoms. The van der Waals surface area contributed by atoms with Gasteiger partial charge in [0.15, 0.2) is 0 Å². The Morgan fingerprint density at radius 1 is 1.26 bits per heavy atom. The van der Waals surface area contributed by atoms with Gasteiger partial charge in [-0.1, -0.05) is 13.8 Å². The van der Waals surface area contributed by atoms with E-state index in [9.17, 15) is 9.59 Å². The summed E-state index contributed by atoms with van der Waals surface area (Å²) in [4.78, 5) is 24.8. The Balaban J connectivity index is 3.93. The minimum Gasteiger partial charge on any atom is -0.377 e. The van der Waals surface area contributed by atoms with E-state index < -0.39 is 6.04 Å². The fourth-order valence-corrected chi connectivity index (χ4v) is 1.27. The third-order valence-corrected chi connectivity index (χ3v) is 2.74. The molecule has 3 N–H and O–H groups in total. The van der Waals surface area contributed by atoms with Gasteiger partial charge in [-0.2, -0.15) is 0 Å². The molecule has 0 aromatic carbocycles. The SMILES string of the molecule is CC(C)OCCN(C)C(=O)CNC(=O)[C@@H](N)C(C)C. The van der Waals surface area contributed by atoms with Crippen molar-refractivity contribution >= 4 is 11.8 Å². The molecule has 112 valence electrons. The summed E-state index contributed by atoms with van der Waals surface area (Å²) in [7, 11) is 1.68. The van der Waals surface area contributed by atoms with Crippen LogP contribution in [-0.4, -0.2) is 55.6 Å². The van der Waals surface area contributed by atoms with Gasteiger partial charge in [0.25, 0.3) is 0 Å². The summed E-state index contributed by atoms with van der Waals surface area (Å²) in [5, 5.41) is 2.55. The lowest BCUT2D eigenvalue weighted by atomic mass is 10.1. The Bertz CT molecular complexity index is 293. The smallest absolute Gasteiger partial charge is 0.241 e. The Morgan fingerprint density at radius 3 is 2.32 bits per heavy atom. The van der Waals surface area contributed by atoms with Crippen LogP contribution in [0.5, 0.6) is 0 Å². The average molecular weight is 273 g/mol. The third kappa shape index (κ3) is 7.79. The van der Waals surface area contributed by atoms with Crippen molar-refractivity contribution in [1.82, 2.24) is 10.2 Å². The number of nitrogens with two attached hydrogens (primary N) is 1. The maximum atomic E-state index is 11.7. The molecule has 0 saturated heterocycles. The molecule has 0 aromatic heterocycles. The molecular formula is C13H27N3O3. The van der Waals surface area contributed by atoms with E-state index in [1.165, 1.54) is 4.90 Å². The van der Waals surface area contributed by atoms with Crippen molar-refractivity contribution in [3.63, 3.8) is 0 Å². The number of ether oxygens (including phenoxy) is 1. The molecule has 0 spiro atoms. The molecule has 0 aliphatic rings. The van der Waals surface area contributed by atoms with E-state index in [1.807, 2.05) is 27.7 Å². The molecule has 0 saturated carbocycles. The van der Waals surface area contributed by atoms with E-state index in [0.717, 1.165) is 0 Å². The fourth-order valence-electron chi connectivity index (χ4n) is 1.27. The van der Waals surface area contributed by atoms with Crippen LogP contribution in [0.1, 0.15) is 27.7 Å². The lowest BCUT2D eigenvalue weighted by Gasteiger charge is -2.20. The number of carbonyl (C=O) groups excluding carboxylic acids is 2. The van der Waals surface area contributed by atoms with Gasteiger partial charge in [0.1, 0.15) is 0 Å². The quantitative estimate of drug-likeness (QED) is 0.650. The zero-order valence-corrected chi connectivity index (χ0v) is 12.6. The van der Waals surface area contributed by atoms with Gasteiger partial charge < -0.3 is 20.7 Å². The highest BCUT2D eigenvalue weighted by atomic mass is 16.5. The van der Waals surface area contributed by atoms with Crippen molar-refractivity contribution in [2.45, 2.75) is 39.8 Å². The molecule has 0 unspecified atom stereocenters. The van der Waals surface area contributed by atoms with Crippen molar-refractivity contribution in [3.8, 4) is 0 Å². The number of hydrogen-bond acceptors (Lipinski definition) is 4. The number of likely N-dealkylation sites (N-methyl/N-ethyl adjacent to an activating group) is 1. The van der Waals surface area contributed by atoms with E-state index in [-0.39, 0.29) is 30.4 Å². The molecule has 19 heavy (non-hydrogen) atoms. The standard InChI is InChI=1S/C13H27N3O3/c1-9(2)12(14)13(18)15-8-11(17)16(5)6-7-19-10(3)4/h9-10,12H,6-8,14H2,1-5H3,(H,15,18)/t12-/m0/s1. The number of nitrogens with zero attached hydrogens (tertiary/aromatic N) is 1. The maximum absolute atomic E-state index is 11.7. The maximum Gasteiger partial charge on any atom is 0.241 e. The summed E-state index contributed by atoms with van der Waals surface area (Å²) >= 11 is 0. The molecule has 0 radical (unpaired) electrons. The first-order valence-electron chi connectivity index (χ1n) is 6.64. The largest absolute Gasteiger partial charge is 0.377 e. The van der Waals surface area contributed by atoms with E-state index in [2.05, 4.69) is 5.32 Å². The Hall–Kier alpha value is -1.14. The zero-order chi connectivity index (χ0) is 15.0. The third-order valence-electron chi connectivity index (χ3n) is 2.74. The molecule has 0 rings (SSSR count). The lowest BCUT2D eigenvalue weighted by molar-refractivity contribution is -0.133. The van der Waals surface area contributed by atoms with Gasteiger partial charge in [0, 0.05) is 13.6 Å². The van der Waals surface area contributed by atoms with E-state index >= 15 is 0 Å². The summed E-state index contributed by atoms with van der Waals surface area (Å²) < 4.78 is 5.36. The highest BCUT2D eigenvalue weighted by Crippen LogP contribution is 1.97. The van der Waals surface area contributed by atoms with Crippen molar-refractivity contribution in [2.75, 3.05) is 26.7 Å². The average Bonchev–Trinajstić information content (AvgIpc) is 2.33. The monoisotopic (exact) mass is 273 g/mol. The second kappa shape index (κ2) is 8.87. The van der Waals surface area contributed by atoms with Crippen molar-refractivity contribution in [1.29, 1.82) is 0 Å². The van der Waals surface area contributed by atoms with Crippen molar-refractivity contribution < 1.29 is 14.3 Å². The van der Waals surface area contributed by atoms with Gasteiger partial charge >= 0.3 is 0 Å². The molecule has 2 amide bonds. The Kier molecular flexibility index (Phi) is 8.34. The highest BCUT2D eigenvalue weighted by Gasteiger charge is 2.18. The van der Waals surface area contributed by atoms with Gasteiger partial charge in [-0.3, -0.25) is 9.59 Å². The van der Waals surface area contributed by atoms with Gasteiger partial charge in [0.2, 0.25) is 11.8 Å². The number of rotatable bonds is 8. The number of nitrogens with one attached hydrogen (secondary N) is 1. The summed E-state index contributed by atoms with van der Waals surface area (Å²) in [5.41, 5.74) is 5.68. The second-order valence-corrected chi connectivity index (χ2v) is 5.22. The van der Waals surface area contributed by atoms with Crippen LogP contribution in [0.3, 0.4) is 0 Å². The second-order valence-electron chi connectivity index (χ2n) is 5.22. The minimum atomic E-state index is -0.581. The number of hydrogen-bond donors (Lipinski definition) is 2. The van der Waals surface area contributed by atoms with E-state index in [4.69, 9.17) is 10.5 Å². The fraction of sp³-hybridized carbons (Fsp3) is 0.846. The first-order chi connectivity index (χ1) is 8.75. The van der Waals surface area contributed by atoms with Crippen LogP contribution >= 0.6 is 0 Å². The van der Waals surface area contributed by atoms with Gasteiger partial charge in [-0.25, -0.2) is 0 Å².